The van der Waals surface area contributed by atoms with Gasteiger partial charge in [0.15, 0.2) is 0 Å². The molecule has 35 heavy (non-hydrogen) atoms. The van der Waals surface area contributed by atoms with E-state index in [2.05, 4.69) is 20.7 Å². The van der Waals surface area contributed by atoms with Gasteiger partial charge < -0.3 is 20.1 Å². The van der Waals surface area contributed by atoms with Crippen LogP contribution in [0.1, 0.15) is 24.1 Å². The topological polar surface area (TPSA) is 90.3 Å². The van der Waals surface area contributed by atoms with Gasteiger partial charge in [-0.2, -0.15) is 10.1 Å². The Labute approximate surface area is 203 Å². The van der Waals surface area contributed by atoms with Crippen molar-refractivity contribution in [1.29, 1.82) is 0 Å². The molecule has 0 aliphatic carbocycles. The number of nitrogens with one attached hydrogen (secondary N) is 2. The van der Waals surface area contributed by atoms with E-state index in [1.807, 2.05) is 61.5 Å². The molecule has 0 radical (unpaired) electrons. The summed E-state index contributed by atoms with van der Waals surface area (Å²) in [5.41, 5.74) is 3.93. The number of anilines is 2. The Morgan fingerprint density at radius 1 is 1.00 bits per heavy atom. The second-order valence-corrected chi connectivity index (χ2v) is 8.12. The summed E-state index contributed by atoms with van der Waals surface area (Å²) >= 11 is 0. The lowest BCUT2D eigenvalue weighted by Crippen LogP contribution is -2.31. The van der Waals surface area contributed by atoms with E-state index in [1.165, 1.54) is 6.33 Å². The van der Waals surface area contributed by atoms with Gasteiger partial charge in [0.2, 0.25) is 5.95 Å². The number of aromatic nitrogens is 3. The Bertz CT molecular complexity index is 1350. The first-order valence-electron chi connectivity index (χ1n) is 11.2. The molecule has 1 atom stereocenters. The number of carbonyl (C=O) groups excluding carboxylic acids is 1. The van der Waals surface area contributed by atoms with E-state index < -0.39 is 6.04 Å². The van der Waals surface area contributed by atoms with E-state index in [4.69, 9.17) is 9.47 Å². The highest BCUT2D eigenvalue weighted by molar-refractivity contribution is 6.06. The average Bonchev–Trinajstić information content (AvgIpc) is 3.36. The van der Waals surface area contributed by atoms with Crippen LogP contribution >= 0.6 is 0 Å². The highest BCUT2D eigenvalue weighted by atomic mass is 16.5. The van der Waals surface area contributed by atoms with Gasteiger partial charge in [-0.25, -0.2) is 4.68 Å². The first kappa shape index (κ1) is 22.2. The van der Waals surface area contributed by atoms with Gasteiger partial charge in [-0.3, -0.25) is 4.79 Å². The summed E-state index contributed by atoms with van der Waals surface area (Å²) < 4.78 is 12.9. The summed E-state index contributed by atoms with van der Waals surface area (Å²) in [5, 5.41) is 10.6. The number of hydrogen-bond donors (Lipinski definition) is 2. The maximum absolute atomic E-state index is 13.4. The Kier molecular flexibility index (Phi) is 6.17. The van der Waals surface area contributed by atoms with Crippen LogP contribution in [0.15, 0.2) is 96.5 Å². The lowest BCUT2D eigenvalue weighted by Gasteiger charge is -2.28. The van der Waals surface area contributed by atoms with Crippen molar-refractivity contribution in [2.75, 3.05) is 17.7 Å². The number of rotatable bonds is 7. The van der Waals surface area contributed by atoms with Crippen LogP contribution in [-0.2, 0) is 11.4 Å². The molecule has 3 aromatic carbocycles. The molecular formula is C27H25N5O3. The van der Waals surface area contributed by atoms with Crippen molar-refractivity contribution in [3.63, 3.8) is 0 Å². The van der Waals surface area contributed by atoms with Gasteiger partial charge in [-0.05, 0) is 54.4 Å². The zero-order valence-corrected chi connectivity index (χ0v) is 19.4. The molecule has 8 nitrogen and oxygen atoms in total. The number of amides is 1. The Hall–Kier alpha value is -4.59. The smallest absolute Gasteiger partial charge is 0.255 e. The molecule has 0 bridgehead atoms. The van der Waals surface area contributed by atoms with Crippen molar-refractivity contribution in [3.05, 3.63) is 108 Å². The summed E-state index contributed by atoms with van der Waals surface area (Å²) in [6.45, 7) is 2.35. The Balaban J connectivity index is 1.40. The van der Waals surface area contributed by atoms with Crippen LogP contribution in [-0.4, -0.2) is 27.8 Å². The Morgan fingerprint density at radius 3 is 2.43 bits per heavy atom. The monoisotopic (exact) mass is 467 g/mol. The highest BCUT2D eigenvalue weighted by Gasteiger charge is 2.33. The molecule has 5 rings (SSSR count). The molecule has 2 heterocycles. The maximum Gasteiger partial charge on any atom is 0.255 e. The summed E-state index contributed by atoms with van der Waals surface area (Å²) in [6, 6.07) is 24.5. The van der Waals surface area contributed by atoms with Crippen LogP contribution in [0.5, 0.6) is 11.5 Å². The third-order valence-corrected chi connectivity index (χ3v) is 5.83. The van der Waals surface area contributed by atoms with E-state index in [1.54, 1.807) is 36.1 Å². The summed E-state index contributed by atoms with van der Waals surface area (Å²) in [5.74, 6) is 1.82. The first-order chi connectivity index (χ1) is 17.1. The van der Waals surface area contributed by atoms with E-state index in [0.29, 0.717) is 29.5 Å². The van der Waals surface area contributed by atoms with Gasteiger partial charge in [-0.15, -0.1) is 0 Å². The normalized spacial score (nSPS) is 14.6. The predicted molar refractivity (Wildman–Crippen MR) is 133 cm³/mol. The maximum atomic E-state index is 13.4. The van der Waals surface area contributed by atoms with Crippen molar-refractivity contribution >= 4 is 17.5 Å². The lowest BCUT2D eigenvalue weighted by molar-refractivity contribution is -0.113. The van der Waals surface area contributed by atoms with Crippen molar-refractivity contribution in [2.24, 2.45) is 0 Å². The molecule has 0 saturated heterocycles. The summed E-state index contributed by atoms with van der Waals surface area (Å²) in [7, 11) is 1.60. The second kappa shape index (κ2) is 9.72. The van der Waals surface area contributed by atoms with Crippen LogP contribution in [0.25, 0.3) is 0 Å². The Morgan fingerprint density at radius 2 is 1.71 bits per heavy atom. The molecule has 0 unspecified atom stereocenters. The molecule has 0 saturated carbocycles. The van der Waals surface area contributed by atoms with Crippen molar-refractivity contribution in [1.82, 2.24) is 14.8 Å². The van der Waals surface area contributed by atoms with Gasteiger partial charge in [-0.1, -0.05) is 42.5 Å². The van der Waals surface area contributed by atoms with Gasteiger partial charge >= 0.3 is 0 Å². The van der Waals surface area contributed by atoms with Crippen LogP contribution in [0, 0.1) is 0 Å². The van der Waals surface area contributed by atoms with Crippen LogP contribution < -0.4 is 20.1 Å². The van der Waals surface area contributed by atoms with Crippen LogP contribution in [0.2, 0.25) is 0 Å². The largest absolute Gasteiger partial charge is 0.497 e. The summed E-state index contributed by atoms with van der Waals surface area (Å²) in [4.78, 5) is 17.7. The quantitative estimate of drug-likeness (QED) is 0.406. The molecule has 1 amide bonds. The third-order valence-electron chi connectivity index (χ3n) is 5.83. The number of benzene rings is 3. The first-order valence-corrected chi connectivity index (χ1v) is 11.2. The standard InChI is InChI=1S/C27H25N5O3/c1-18-24(26(33)31-21-10-14-22(34-2)15-11-21)25(32-27(30-18)28-17-29-32)20-8-12-23(13-9-20)35-16-19-6-4-3-5-7-19/h3-15,17,25H,16H2,1-2H3,(H,31,33)(H,28,29,30)/t25-/m0/s1. The molecule has 176 valence electrons. The van der Waals surface area contributed by atoms with Gasteiger partial charge in [0.1, 0.15) is 30.5 Å². The number of ether oxygens (including phenoxy) is 2. The fourth-order valence-electron chi connectivity index (χ4n) is 4.05. The van der Waals surface area contributed by atoms with Crippen LogP contribution in [0.4, 0.5) is 11.6 Å². The summed E-state index contributed by atoms with van der Waals surface area (Å²) in [6.07, 6.45) is 1.48. The van der Waals surface area contributed by atoms with Crippen LogP contribution in [0.3, 0.4) is 0 Å². The number of hydrogen-bond acceptors (Lipinski definition) is 6. The van der Waals surface area contributed by atoms with E-state index in [0.717, 1.165) is 22.6 Å². The van der Waals surface area contributed by atoms with Crippen molar-refractivity contribution in [3.8, 4) is 11.5 Å². The highest BCUT2D eigenvalue weighted by Crippen LogP contribution is 2.36. The van der Waals surface area contributed by atoms with Gasteiger partial charge in [0, 0.05) is 11.4 Å². The number of methoxy groups -OCH3 is 1. The number of nitrogens with zero attached hydrogens (tertiary/aromatic N) is 3. The number of allylic oxidation sites excluding steroid dienone is 1. The minimum Gasteiger partial charge on any atom is -0.497 e. The minimum absolute atomic E-state index is 0.226. The zero-order valence-electron chi connectivity index (χ0n) is 19.4. The van der Waals surface area contributed by atoms with Crippen molar-refractivity contribution < 1.29 is 14.3 Å². The molecule has 0 fully saturated rings. The molecule has 2 N–H and O–H groups in total. The fraction of sp³-hybridized carbons (Fsp3) is 0.148. The average molecular weight is 468 g/mol. The lowest BCUT2D eigenvalue weighted by atomic mass is 9.95. The molecule has 1 aliphatic rings. The van der Waals surface area contributed by atoms with E-state index in [-0.39, 0.29) is 5.91 Å². The molecule has 0 spiro atoms. The van der Waals surface area contributed by atoms with Gasteiger partial charge in [0.05, 0.1) is 12.7 Å². The predicted octanol–water partition coefficient (Wildman–Crippen LogP) is 4.79. The molecule has 1 aromatic heterocycles. The fourth-order valence-corrected chi connectivity index (χ4v) is 4.05. The molecule has 4 aromatic rings. The van der Waals surface area contributed by atoms with Crippen molar-refractivity contribution in [2.45, 2.75) is 19.6 Å². The molecule has 1 aliphatic heterocycles. The SMILES string of the molecule is COc1ccc(NC(=O)C2=C(C)Nc3ncnn3[C@H]2c2ccc(OCc3ccccc3)cc2)cc1. The third kappa shape index (κ3) is 4.72. The van der Waals surface area contributed by atoms with E-state index in [9.17, 15) is 4.79 Å². The minimum atomic E-state index is -0.449. The zero-order chi connectivity index (χ0) is 24.2. The molecular weight excluding hydrogens is 442 g/mol. The molecule has 8 heteroatoms. The van der Waals surface area contributed by atoms with E-state index >= 15 is 0 Å². The van der Waals surface area contributed by atoms with Gasteiger partial charge in [0.25, 0.3) is 5.91 Å². The number of carbonyl (C=O) groups is 1. The second-order valence-electron chi connectivity index (χ2n) is 8.12. The number of fused-ring (bicyclic) bond motifs is 1.